The molecule has 19 heavy (non-hydrogen) atoms. The summed E-state index contributed by atoms with van der Waals surface area (Å²) in [6.07, 6.45) is 5.89. The highest BCUT2D eigenvalue weighted by atomic mass is 35.5. The summed E-state index contributed by atoms with van der Waals surface area (Å²) in [4.78, 5) is 0. The van der Waals surface area contributed by atoms with Crippen LogP contribution in [0.25, 0.3) is 0 Å². The number of halogens is 1. The van der Waals surface area contributed by atoms with Gasteiger partial charge in [-0.15, -0.1) is 16.7 Å². The van der Waals surface area contributed by atoms with Crippen molar-refractivity contribution < 1.29 is 14.2 Å². The van der Waals surface area contributed by atoms with Crippen molar-refractivity contribution in [2.75, 3.05) is 13.2 Å². The summed E-state index contributed by atoms with van der Waals surface area (Å²) in [5.41, 5.74) is 3.95. The number of hydrogen-bond donors (Lipinski definition) is 1. The zero-order chi connectivity index (χ0) is 13.7. The lowest BCUT2D eigenvalue weighted by atomic mass is 10.1. The first-order chi connectivity index (χ1) is 9.24. The Bertz CT molecular complexity index is 389. The monoisotopic (exact) mass is 286 g/mol. The molecule has 2 aliphatic rings. The molecular weight excluding hydrogens is 268 g/mol. The molecule has 0 aromatic rings. The predicted octanol–water partition coefficient (Wildman–Crippen LogP) is 2.14. The molecule has 1 aliphatic heterocycles. The molecule has 0 aromatic heterocycles. The number of nitrogens with one attached hydrogen (secondary N) is 1. The number of allylic oxidation sites excluding steroid dienone is 2. The van der Waals surface area contributed by atoms with Crippen molar-refractivity contribution >= 4 is 17.5 Å². The molecule has 6 heteroatoms. The van der Waals surface area contributed by atoms with Crippen molar-refractivity contribution in [3.05, 3.63) is 23.8 Å². The van der Waals surface area contributed by atoms with Crippen molar-refractivity contribution in [2.45, 2.75) is 38.2 Å². The van der Waals surface area contributed by atoms with E-state index < -0.39 is 6.29 Å². The zero-order valence-corrected chi connectivity index (χ0v) is 11.9. The fourth-order valence-corrected chi connectivity index (χ4v) is 2.01. The van der Waals surface area contributed by atoms with Crippen LogP contribution in [0.2, 0.25) is 0 Å². The highest BCUT2D eigenvalue weighted by molar-refractivity contribution is 6.22. The Balaban J connectivity index is 1.92. The van der Waals surface area contributed by atoms with Crippen molar-refractivity contribution in [2.24, 2.45) is 5.10 Å². The van der Waals surface area contributed by atoms with Gasteiger partial charge in [-0.2, -0.15) is 0 Å². The molecule has 2 rings (SSSR count). The van der Waals surface area contributed by atoms with E-state index in [2.05, 4.69) is 10.5 Å². The van der Waals surface area contributed by atoms with Crippen LogP contribution in [0.1, 0.15) is 20.3 Å². The first-order valence-electron chi connectivity index (χ1n) is 6.49. The second-order valence-electron chi connectivity index (χ2n) is 4.13. The number of nitrogens with zero attached hydrogens (tertiary/aromatic N) is 1. The van der Waals surface area contributed by atoms with Crippen LogP contribution in [0.4, 0.5) is 0 Å². The zero-order valence-electron chi connectivity index (χ0n) is 11.1. The summed E-state index contributed by atoms with van der Waals surface area (Å²) in [5, 5.41) is 4.20. The molecule has 0 radical (unpaired) electrons. The topological polar surface area (TPSA) is 52.1 Å². The molecule has 1 N–H and O–H groups in total. The summed E-state index contributed by atoms with van der Waals surface area (Å²) in [7, 11) is 0. The summed E-state index contributed by atoms with van der Waals surface area (Å²) >= 11 is 5.99. The lowest BCUT2D eigenvalue weighted by Gasteiger charge is -2.19. The molecule has 0 bridgehead atoms. The van der Waals surface area contributed by atoms with Crippen LogP contribution in [-0.2, 0) is 14.2 Å². The highest BCUT2D eigenvalue weighted by Crippen LogP contribution is 2.21. The van der Waals surface area contributed by atoms with Crippen LogP contribution in [0, 0.1) is 0 Å². The SMILES string of the molecule is CCOC(OCC)C1=NNC(C2=CCC(Cl)C=C2)O1. The maximum atomic E-state index is 5.99. The molecule has 0 saturated heterocycles. The molecule has 0 spiro atoms. The predicted molar refractivity (Wildman–Crippen MR) is 74.0 cm³/mol. The van der Waals surface area contributed by atoms with Gasteiger partial charge in [0.15, 0.2) is 0 Å². The first kappa shape index (κ1) is 14.4. The number of ether oxygens (including phenoxy) is 3. The van der Waals surface area contributed by atoms with Crippen molar-refractivity contribution in [3.63, 3.8) is 0 Å². The van der Waals surface area contributed by atoms with Gasteiger partial charge >= 0.3 is 0 Å². The maximum absolute atomic E-state index is 5.99. The standard InChI is InChI=1S/C13H19ClN2O3/c1-3-17-13(18-4-2)12-16-15-11(19-12)9-5-7-10(14)8-6-9/h5-7,10-11,13,15H,3-4,8H2,1-2H3. The fourth-order valence-electron chi connectivity index (χ4n) is 1.85. The Labute approximate surface area is 118 Å². The van der Waals surface area contributed by atoms with Gasteiger partial charge in [0.05, 0.1) is 5.38 Å². The summed E-state index contributed by atoms with van der Waals surface area (Å²) in [6, 6.07) is 0. The first-order valence-corrected chi connectivity index (χ1v) is 6.93. The Hall–Kier alpha value is -1.04. The Morgan fingerprint density at radius 2 is 2.21 bits per heavy atom. The second kappa shape index (κ2) is 6.93. The van der Waals surface area contributed by atoms with E-state index in [0.29, 0.717) is 19.1 Å². The van der Waals surface area contributed by atoms with Crippen LogP contribution >= 0.6 is 11.6 Å². The molecule has 0 aromatic carbocycles. The average molecular weight is 287 g/mol. The van der Waals surface area contributed by atoms with Gasteiger partial charge in [-0.05, 0) is 20.3 Å². The number of alkyl halides is 1. The third-order valence-electron chi connectivity index (χ3n) is 2.75. The van der Waals surface area contributed by atoms with Crippen LogP contribution in [0.5, 0.6) is 0 Å². The van der Waals surface area contributed by atoms with Crippen LogP contribution in [0.3, 0.4) is 0 Å². The van der Waals surface area contributed by atoms with Gasteiger partial charge in [0.2, 0.25) is 12.5 Å². The average Bonchev–Trinajstić information content (AvgIpc) is 2.89. The van der Waals surface area contributed by atoms with Gasteiger partial charge in [0.1, 0.15) is 0 Å². The molecule has 0 saturated carbocycles. The van der Waals surface area contributed by atoms with E-state index >= 15 is 0 Å². The van der Waals surface area contributed by atoms with E-state index in [4.69, 9.17) is 25.8 Å². The third kappa shape index (κ3) is 3.72. The van der Waals surface area contributed by atoms with E-state index in [1.807, 2.05) is 32.1 Å². The molecule has 1 aliphatic carbocycles. The van der Waals surface area contributed by atoms with Crippen LogP contribution in [-0.4, -0.2) is 37.0 Å². The van der Waals surface area contributed by atoms with E-state index in [0.717, 1.165) is 12.0 Å². The molecule has 2 atom stereocenters. The highest BCUT2D eigenvalue weighted by Gasteiger charge is 2.29. The van der Waals surface area contributed by atoms with Crippen LogP contribution in [0.15, 0.2) is 28.9 Å². The number of hydrogen-bond acceptors (Lipinski definition) is 5. The van der Waals surface area contributed by atoms with Gasteiger partial charge in [0, 0.05) is 18.8 Å². The fraction of sp³-hybridized carbons (Fsp3) is 0.615. The molecule has 106 valence electrons. The molecule has 5 nitrogen and oxygen atoms in total. The number of hydrazone groups is 1. The van der Waals surface area contributed by atoms with Gasteiger partial charge in [-0.1, -0.05) is 18.2 Å². The van der Waals surface area contributed by atoms with Crippen molar-refractivity contribution in [3.8, 4) is 0 Å². The largest absolute Gasteiger partial charge is 0.446 e. The van der Waals surface area contributed by atoms with E-state index in [1.54, 1.807) is 0 Å². The minimum Gasteiger partial charge on any atom is -0.446 e. The van der Waals surface area contributed by atoms with Crippen molar-refractivity contribution in [1.29, 1.82) is 0 Å². The van der Waals surface area contributed by atoms with Gasteiger partial charge in [-0.3, -0.25) is 5.43 Å². The van der Waals surface area contributed by atoms with E-state index in [-0.39, 0.29) is 11.6 Å². The van der Waals surface area contributed by atoms with Crippen LogP contribution < -0.4 is 5.43 Å². The molecule has 0 amide bonds. The molecule has 1 heterocycles. The minimum absolute atomic E-state index is 0.0603. The second-order valence-corrected chi connectivity index (χ2v) is 4.70. The third-order valence-corrected chi connectivity index (χ3v) is 3.07. The van der Waals surface area contributed by atoms with E-state index in [1.165, 1.54) is 0 Å². The normalized spacial score (nSPS) is 25.9. The molecular formula is C13H19ClN2O3. The molecule has 0 fully saturated rings. The lowest BCUT2D eigenvalue weighted by molar-refractivity contribution is -0.101. The minimum atomic E-state index is -0.554. The Morgan fingerprint density at radius 1 is 1.47 bits per heavy atom. The quantitative estimate of drug-likeness (QED) is 0.600. The van der Waals surface area contributed by atoms with Gasteiger partial charge in [-0.25, -0.2) is 0 Å². The smallest absolute Gasteiger partial charge is 0.266 e. The summed E-state index contributed by atoms with van der Waals surface area (Å²) in [6.45, 7) is 4.88. The van der Waals surface area contributed by atoms with Gasteiger partial charge in [0.25, 0.3) is 5.90 Å². The maximum Gasteiger partial charge on any atom is 0.266 e. The number of rotatable bonds is 6. The Kier molecular flexibility index (Phi) is 5.24. The summed E-state index contributed by atoms with van der Waals surface area (Å²) < 4.78 is 16.6. The lowest BCUT2D eigenvalue weighted by Crippen LogP contribution is -2.31. The molecule has 2 unspecified atom stereocenters. The van der Waals surface area contributed by atoms with Gasteiger partial charge < -0.3 is 14.2 Å². The van der Waals surface area contributed by atoms with E-state index in [9.17, 15) is 0 Å². The summed E-state index contributed by atoms with van der Waals surface area (Å²) in [5.74, 6) is 0.427. The van der Waals surface area contributed by atoms with Crippen molar-refractivity contribution in [1.82, 2.24) is 5.43 Å². The Morgan fingerprint density at radius 3 is 2.79 bits per heavy atom.